The average molecular weight is 185 g/mol. The Morgan fingerprint density at radius 2 is 2.08 bits per heavy atom. The molecule has 0 aromatic rings. The summed E-state index contributed by atoms with van der Waals surface area (Å²) in [4.78, 5) is 16.2. The molecule has 1 amide bonds. The van der Waals surface area contributed by atoms with Crippen molar-refractivity contribution in [3.8, 4) is 12.3 Å². The van der Waals surface area contributed by atoms with Crippen LogP contribution in [0.5, 0.6) is 0 Å². The summed E-state index contributed by atoms with van der Waals surface area (Å²) in [5.74, 6) is 1.78. The Bertz CT molecular complexity index is 209. The highest BCUT2D eigenvalue weighted by molar-refractivity contribution is 5.78. The van der Waals surface area contributed by atoms with Crippen LogP contribution in [0.1, 0.15) is 6.92 Å². The van der Waals surface area contributed by atoms with Crippen LogP contribution in [0.2, 0.25) is 0 Å². The van der Waals surface area contributed by atoms with E-state index in [4.69, 9.17) is 16.0 Å². The van der Waals surface area contributed by atoms with Gasteiger partial charge in [0.15, 0.2) is 0 Å². The van der Waals surface area contributed by atoms with Crippen molar-refractivity contribution in [3.63, 3.8) is 0 Å². The monoisotopic (exact) mass is 185 g/mol. The lowest BCUT2D eigenvalue weighted by atomic mass is 10.0. The zero-order valence-corrected chi connectivity index (χ0v) is 8.40. The SMILES string of the molecule is C#C[C@@H](OC)[C@H](C)C(=O)N(C)OC. The largest absolute Gasteiger partial charge is 0.368 e. The summed E-state index contributed by atoms with van der Waals surface area (Å²) in [6, 6.07) is 0. The van der Waals surface area contributed by atoms with Crippen molar-refractivity contribution < 1.29 is 14.4 Å². The molecule has 0 fully saturated rings. The number of hydroxylamine groups is 2. The molecular weight excluding hydrogens is 170 g/mol. The fraction of sp³-hybridized carbons (Fsp3) is 0.667. The van der Waals surface area contributed by atoms with Crippen LogP contribution in [0.3, 0.4) is 0 Å². The lowest BCUT2D eigenvalue weighted by Crippen LogP contribution is -2.36. The van der Waals surface area contributed by atoms with E-state index in [2.05, 4.69) is 5.92 Å². The third kappa shape index (κ3) is 3.05. The van der Waals surface area contributed by atoms with Crippen LogP contribution in [-0.2, 0) is 14.4 Å². The molecule has 0 radical (unpaired) electrons. The Labute approximate surface area is 78.8 Å². The van der Waals surface area contributed by atoms with E-state index in [-0.39, 0.29) is 5.91 Å². The summed E-state index contributed by atoms with van der Waals surface area (Å²) in [7, 11) is 4.42. The minimum atomic E-state index is -0.509. The molecule has 13 heavy (non-hydrogen) atoms. The Morgan fingerprint density at radius 1 is 1.54 bits per heavy atom. The van der Waals surface area contributed by atoms with Gasteiger partial charge in [-0.25, -0.2) is 5.06 Å². The van der Waals surface area contributed by atoms with E-state index < -0.39 is 12.0 Å². The van der Waals surface area contributed by atoms with Gasteiger partial charge >= 0.3 is 0 Å². The molecule has 0 saturated carbocycles. The minimum Gasteiger partial charge on any atom is -0.368 e. The predicted octanol–water partition coefficient (Wildman–Crippen LogP) is 0.290. The highest BCUT2D eigenvalue weighted by atomic mass is 16.7. The van der Waals surface area contributed by atoms with Gasteiger partial charge in [-0.15, -0.1) is 6.42 Å². The molecule has 0 heterocycles. The average Bonchev–Trinajstić information content (AvgIpc) is 2.17. The molecule has 2 atom stereocenters. The van der Waals surface area contributed by atoms with Crippen LogP contribution in [-0.4, -0.2) is 38.3 Å². The van der Waals surface area contributed by atoms with Gasteiger partial charge in [0.25, 0.3) is 5.91 Å². The highest BCUT2D eigenvalue weighted by Gasteiger charge is 2.24. The molecule has 0 N–H and O–H groups in total. The lowest BCUT2D eigenvalue weighted by Gasteiger charge is -2.21. The van der Waals surface area contributed by atoms with Crippen molar-refractivity contribution in [2.45, 2.75) is 13.0 Å². The summed E-state index contributed by atoms with van der Waals surface area (Å²) >= 11 is 0. The van der Waals surface area contributed by atoms with Gasteiger partial charge in [0.05, 0.1) is 13.0 Å². The van der Waals surface area contributed by atoms with Gasteiger partial charge in [-0.1, -0.05) is 12.8 Å². The van der Waals surface area contributed by atoms with E-state index >= 15 is 0 Å². The first-order valence-corrected chi connectivity index (χ1v) is 3.89. The first kappa shape index (κ1) is 11.9. The van der Waals surface area contributed by atoms with E-state index in [1.165, 1.54) is 21.3 Å². The molecule has 4 heteroatoms. The molecule has 0 rings (SSSR count). The number of methoxy groups -OCH3 is 1. The van der Waals surface area contributed by atoms with Gasteiger partial charge in [0.2, 0.25) is 0 Å². The molecule has 0 aromatic carbocycles. The number of terminal acetylenes is 1. The Morgan fingerprint density at radius 3 is 2.38 bits per heavy atom. The van der Waals surface area contributed by atoms with Gasteiger partial charge in [-0.3, -0.25) is 9.63 Å². The van der Waals surface area contributed by atoms with Crippen molar-refractivity contribution in [1.29, 1.82) is 0 Å². The maximum atomic E-state index is 11.5. The molecule has 74 valence electrons. The summed E-state index contributed by atoms with van der Waals surface area (Å²) in [6.45, 7) is 1.70. The maximum Gasteiger partial charge on any atom is 0.252 e. The zero-order chi connectivity index (χ0) is 10.4. The number of amides is 1. The van der Waals surface area contributed by atoms with Gasteiger partial charge in [-0.05, 0) is 0 Å². The fourth-order valence-corrected chi connectivity index (χ4v) is 0.923. The minimum absolute atomic E-state index is 0.202. The molecule has 0 aromatic heterocycles. The van der Waals surface area contributed by atoms with Gasteiger partial charge < -0.3 is 4.74 Å². The van der Waals surface area contributed by atoms with Crippen LogP contribution < -0.4 is 0 Å². The second-order valence-corrected chi connectivity index (χ2v) is 2.63. The molecule has 0 aliphatic heterocycles. The van der Waals surface area contributed by atoms with Gasteiger partial charge in [-0.2, -0.15) is 0 Å². The van der Waals surface area contributed by atoms with E-state index in [1.807, 2.05) is 0 Å². The zero-order valence-electron chi connectivity index (χ0n) is 8.40. The highest BCUT2D eigenvalue weighted by Crippen LogP contribution is 2.08. The van der Waals surface area contributed by atoms with Crippen LogP contribution in [0.15, 0.2) is 0 Å². The molecule has 0 unspecified atom stereocenters. The summed E-state index contributed by atoms with van der Waals surface area (Å²) in [5.41, 5.74) is 0. The van der Waals surface area contributed by atoms with E-state index in [9.17, 15) is 4.79 Å². The number of hydrogen-bond acceptors (Lipinski definition) is 3. The molecule has 0 saturated heterocycles. The van der Waals surface area contributed by atoms with Crippen LogP contribution in [0.25, 0.3) is 0 Å². The van der Waals surface area contributed by atoms with Gasteiger partial charge in [0, 0.05) is 14.2 Å². The Kier molecular flexibility index (Phi) is 5.12. The third-order valence-electron chi connectivity index (χ3n) is 1.85. The molecule has 0 aliphatic carbocycles. The van der Waals surface area contributed by atoms with E-state index in [0.717, 1.165) is 5.06 Å². The van der Waals surface area contributed by atoms with E-state index in [0.29, 0.717) is 0 Å². The standard InChI is InChI=1S/C9H15NO3/c1-6-8(12-4)7(2)9(11)10(3)13-5/h1,7-8H,2-5H3/t7-,8+/m0/s1. The molecule has 0 spiro atoms. The molecule has 4 nitrogen and oxygen atoms in total. The summed E-state index contributed by atoms with van der Waals surface area (Å²) < 4.78 is 4.94. The smallest absolute Gasteiger partial charge is 0.252 e. The lowest BCUT2D eigenvalue weighted by molar-refractivity contribution is -0.175. The van der Waals surface area contributed by atoms with Crippen LogP contribution in [0.4, 0.5) is 0 Å². The quantitative estimate of drug-likeness (QED) is 0.467. The predicted molar refractivity (Wildman–Crippen MR) is 48.6 cm³/mol. The maximum absolute atomic E-state index is 11.5. The molecule has 0 aliphatic rings. The third-order valence-corrected chi connectivity index (χ3v) is 1.85. The van der Waals surface area contributed by atoms with Gasteiger partial charge in [0.1, 0.15) is 6.10 Å². The van der Waals surface area contributed by atoms with Crippen molar-refractivity contribution in [1.82, 2.24) is 5.06 Å². The second kappa shape index (κ2) is 5.57. The summed E-state index contributed by atoms with van der Waals surface area (Å²) in [6.07, 6.45) is 4.67. The number of ether oxygens (including phenoxy) is 1. The van der Waals surface area contributed by atoms with Crippen molar-refractivity contribution in [3.05, 3.63) is 0 Å². The van der Waals surface area contributed by atoms with E-state index in [1.54, 1.807) is 6.92 Å². The normalized spacial score (nSPS) is 14.4. The topological polar surface area (TPSA) is 38.8 Å². The number of rotatable bonds is 4. The number of carbonyl (C=O) groups is 1. The Balaban J connectivity index is 4.33. The first-order valence-electron chi connectivity index (χ1n) is 3.89. The molecular formula is C9H15NO3. The fourth-order valence-electron chi connectivity index (χ4n) is 0.923. The number of nitrogens with zero attached hydrogens (tertiary/aromatic N) is 1. The van der Waals surface area contributed by atoms with Crippen molar-refractivity contribution in [2.24, 2.45) is 5.92 Å². The number of carbonyl (C=O) groups excluding carboxylic acids is 1. The van der Waals surface area contributed by atoms with Crippen molar-refractivity contribution in [2.75, 3.05) is 21.3 Å². The van der Waals surface area contributed by atoms with Crippen LogP contribution in [0, 0.1) is 18.3 Å². The molecule has 0 bridgehead atoms. The van der Waals surface area contributed by atoms with Crippen LogP contribution >= 0.6 is 0 Å². The summed E-state index contributed by atoms with van der Waals surface area (Å²) in [5, 5.41) is 1.13. The van der Waals surface area contributed by atoms with Crippen molar-refractivity contribution >= 4 is 5.91 Å². The first-order chi connectivity index (χ1) is 6.08. The Hall–Kier alpha value is -1.05. The second-order valence-electron chi connectivity index (χ2n) is 2.63. The number of hydrogen-bond donors (Lipinski definition) is 0.